The van der Waals surface area contributed by atoms with E-state index in [-0.39, 0.29) is 24.3 Å². The largest absolute Gasteiger partial charge is 0.508 e. The second-order valence-electron chi connectivity index (χ2n) is 9.17. The molecule has 4 rings (SSSR count). The molecule has 2 atom stereocenters. The molecule has 0 saturated heterocycles. The number of rotatable bonds is 11. The average molecular weight is 520 g/mol. The van der Waals surface area contributed by atoms with Crippen LogP contribution in [0.2, 0.25) is 0 Å². The summed E-state index contributed by atoms with van der Waals surface area (Å²) in [5, 5.41) is 36.9. The maximum absolute atomic E-state index is 12.8. The topological polar surface area (TPSA) is 118 Å². The van der Waals surface area contributed by atoms with Gasteiger partial charge in [-0.1, -0.05) is 30.3 Å². The molecule has 0 radical (unpaired) electrons. The minimum Gasteiger partial charge on any atom is -0.508 e. The maximum Gasteiger partial charge on any atom is 0.267 e. The molecule has 0 unspecified atom stereocenters. The monoisotopic (exact) mass is 519 g/mol. The van der Waals surface area contributed by atoms with Crippen molar-refractivity contribution in [3.05, 3.63) is 94.7 Å². The number of aliphatic hydroxyl groups excluding tert-OH is 2. The Balaban J connectivity index is 1.33. The number of thioether (sulfide) groups is 1. The molecule has 4 aromatic rings. The molecule has 1 heterocycles. The first kappa shape index (κ1) is 26.8. The molecule has 0 aliphatic carbocycles. The lowest BCUT2D eigenvalue weighted by Crippen LogP contribution is -2.32. The Hall–Kier alpha value is -3.30. The molecule has 3 aromatic carbocycles. The predicted octanol–water partition coefficient (Wildman–Crippen LogP) is 4.27. The van der Waals surface area contributed by atoms with E-state index in [0.29, 0.717) is 29.9 Å². The fourth-order valence-corrected chi connectivity index (χ4v) is 4.96. The van der Waals surface area contributed by atoms with Gasteiger partial charge in [0.1, 0.15) is 11.4 Å². The van der Waals surface area contributed by atoms with Gasteiger partial charge >= 0.3 is 0 Å². The van der Waals surface area contributed by atoms with Gasteiger partial charge in [-0.15, -0.1) is 11.8 Å². The number of hydrogen-bond acceptors (Lipinski definition) is 6. The predicted molar refractivity (Wildman–Crippen MR) is 148 cm³/mol. The third-order valence-electron chi connectivity index (χ3n) is 6.42. The molecule has 0 aliphatic rings. The second kappa shape index (κ2) is 12.3. The van der Waals surface area contributed by atoms with Crippen LogP contribution in [-0.2, 0) is 19.6 Å². The summed E-state index contributed by atoms with van der Waals surface area (Å²) >= 11 is 1.66. The van der Waals surface area contributed by atoms with Crippen molar-refractivity contribution in [2.24, 2.45) is 0 Å². The third kappa shape index (κ3) is 6.72. The summed E-state index contributed by atoms with van der Waals surface area (Å²) in [6.07, 6.45) is 2.01. The van der Waals surface area contributed by atoms with Crippen molar-refractivity contribution in [3.8, 4) is 5.75 Å². The molecule has 7 nitrogen and oxygen atoms in total. The van der Waals surface area contributed by atoms with Gasteiger partial charge in [0.15, 0.2) is 0 Å². The van der Waals surface area contributed by atoms with Gasteiger partial charge in [-0.05, 0) is 72.7 Å². The molecule has 0 spiro atoms. The van der Waals surface area contributed by atoms with Crippen LogP contribution >= 0.6 is 11.8 Å². The van der Waals surface area contributed by atoms with E-state index in [1.54, 1.807) is 23.9 Å². The highest BCUT2D eigenvalue weighted by Crippen LogP contribution is 2.23. The van der Waals surface area contributed by atoms with Gasteiger partial charge in [0.05, 0.1) is 12.7 Å². The summed E-state index contributed by atoms with van der Waals surface area (Å²) in [7, 11) is 0. The lowest BCUT2D eigenvalue weighted by molar-refractivity contribution is 0.0946. The SMILES string of the molecule is CSc1ccccc1CNC(=O)c1cc2cc(C[C@@H](C)NC[C@@H](O)c3ccc(O)c(CO)c3)ccc2[nH]1. The molecular formula is C29H33N3O4S. The van der Waals surface area contributed by atoms with E-state index in [4.69, 9.17) is 0 Å². The molecule has 6 N–H and O–H groups in total. The molecule has 0 bridgehead atoms. The molecule has 1 aromatic heterocycles. The minimum absolute atomic E-state index is 0.0153. The van der Waals surface area contributed by atoms with E-state index in [1.165, 1.54) is 6.07 Å². The molecule has 8 heteroatoms. The third-order valence-corrected chi connectivity index (χ3v) is 7.26. The van der Waals surface area contributed by atoms with Crippen molar-refractivity contribution in [2.45, 2.75) is 43.5 Å². The number of carbonyl (C=O) groups excluding carboxylic acids is 1. The summed E-state index contributed by atoms with van der Waals surface area (Å²) < 4.78 is 0. The van der Waals surface area contributed by atoms with Gasteiger partial charge in [-0.25, -0.2) is 0 Å². The van der Waals surface area contributed by atoms with E-state index in [1.807, 2.05) is 48.7 Å². The van der Waals surface area contributed by atoms with Crippen LogP contribution in [0.5, 0.6) is 5.75 Å². The number of fused-ring (bicyclic) bond motifs is 1. The number of aliphatic hydroxyl groups is 2. The minimum atomic E-state index is -0.760. The van der Waals surface area contributed by atoms with Crippen LogP contribution in [0.15, 0.2) is 71.6 Å². The lowest BCUT2D eigenvalue weighted by atomic mass is 10.0. The fourth-order valence-electron chi connectivity index (χ4n) is 4.35. The van der Waals surface area contributed by atoms with E-state index in [9.17, 15) is 20.1 Å². The van der Waals surface area contributed by atoms with Gasteiger partial charge in [0.25, 0.3) is 5.91 Å². The van der Waals surface area contributed by atoms with Crippen LogP contribution in [-0.4, -0.2) is 45.1 Å². The zero-order valence-electron chi connectivity index (χ0n) is 21.0. The molecular weight excluding hydrogens is 486 g/mol. The number of hydrogen-bond donors (Lipinski definition) is 6. The maximum atomic E-state index is 12.8. The van der Waals surface area contributed by atoms with E-state index < -0.39 is 6.10 Å². The van der Waals surface area contributed by atoms with Crippen LogP contribution in [0.25, 0.3) is 10.9 Å². The van der Waals surface area contributed by atoms with Gasteiger partial charge in [0, 0.05) is 40.5 Å². The van der Waals surface area contributed by atoms with Gasteiger partial charge in [0.2, 0.25) is 0 Å². The molecule has 0 fully saturated rings. The molecule has 37 heavy (non-hydrogen) atoms. The van der Waals surface area contributed by atoms with Crippen LogP contribution in [0.4, 0.5) is 0 Å². The highest BCUT2D eigenvalue weighted by atomic mass is 32.2. The lowest BCUT2D eigenvalue weighted by Gasteiger charge is -2.18. The van der Waals surface area contributed by atoms with Crippen molar-refractivity contribution in [1.82, 2.24) is 15.6 Å². The summed E-state index contributed by atoms with van der Waals surface area (Å²) in [5.74, 6) is -0.127. The average Bonchev–Trinajstić information content (AvgIpc) is 3.34. The number of amides is 1. The van der Waals surface area contributed by atoms with Crippen LogP contribution in [0, 0.1) is 0 Å². The van der Waals surface area contributed by atoms with Crippen molar-refractivity contribution in [1.29, 1.82) is 0 Å². The Kier molecular flexibility index (Phi) is 8.89. The Morgan fingerprint density at radius 2 is 1.86 bits per heavy atom. The number of aromatic nitrogens is 1. The standard InChI is InChI=1S/C29H33N3O4S/c1-18(30-16-27(35)20-8-10-26(34)23(13-20)17-33)11-19-7-9-24-22(12-19)14-25(32-24)29(36)31-15-21-5-3-4-6-28(21)37-2/h3-10,12-14,18,27,30,32-35H,11,15-17H2,1-2H3,(H,31,36)/t18-,27-/m1/s1. The number of benzene rings is 3. The molecule has 194 valence electrons. The number of aromatic hydroxyl groups is 1. The Bertz CT molecular complexity index is 1370. The highest BCUT2D eigenvalue weighted by Gasteiger charge is 2.14. The van der Waals surface area contributed by atoms with Crippen molar-refractivity contribution in [3.63, 3.8) is 0 Å². The zero-order valence-corrected chi connectivity index (χ0v) is 21.8. The first-order valence-corrected chi connectivity index (χ1v) is 13.5. The normalized spacial score (nSPS) is 13.0. The number of phenols is 1. The van der Waals surface area contributed by atoms with Crippen LogP contribution < -0.4 is 10.6 Å². The highest BCUT2D eigenvalue weighted by molar-refractivity contribution is 7.98. The summed E-state index contributed by atoms with van der Waals surface area (Å²) in [5.41, 5.74) is 4.67. The van der Waals surface area contributed by atoms with Gasteiger partial charge in [-0.3, -0.25) is 4.79 Å². The van der Waals surface area contributed by atoms with Gasteiger partial charge in [-0.2, -0.15) is 0 Å². The van der Waals surface area contributed by atoms with Crippen molar-refractivity contribution >= 4 is 28.6 Å². The number of aromatic amines is 1. The van der Waals surface area contributed by atoms with Crippen LogP contribution in [0.1, 0.15) is 45.8 Å². The smallest absolute Gasteiger partial charge is 0.267 e. The summed E-state index contributed by atoms with van der Waals surface area (Å²) in [4.78, 5) is 17.1. The molecule has 0 saturated carbocycles. The zero-order chi connectivity index (χ0) is 26.4. The Morgan fingerprint density at radius 1 is 1.05 bits per heavy atom. The number of carbonyl (C=O) groups is 1. The van der Waals surface area contributed by atoms with E-state index >= 15 is 0 Å². The second-order valence-corrected chi connectivity index (χ2v) is 10.0. The quantitative estimate of drug-likeness (QED) is 0.165. The molecule has 0 aliphatic heterocycles. The van der Waals surface area contributed by atoms with Gasteiger partial charge < -0.3 is 30.9 Å². The van der Waals surface area contributed by atoms with Crippen LogP contribution in [0.3, 0.4) is 0 Å². The number of nitrogens with one attached hydrogen (secondary N) is 3. The summed E-state index contributed by atoms with van der Waals surface area (Å²) in [6, 6.07) is 20.9. The fraction of sp³-hybridized carbons (Fsp3) is 0.276. The van der Waals surface area contributed by atoms with E-state index in [0.717, 1.165) is 33.3 Å². The number of H-pyrrole nitrogens is 1. The van der Waals surface area contributed by atoms with E-state index in [2.05, 4.69) is 28.6 Å². The Labute approximate surface area is 220 Å². The van der Waals surface area contributed by atoms with Crippen molar-refractivity contribution < 1.29 is 20.1 Å². The summed E-state index contributed by atoms with van der Waals surface area (Å²) in [6.45, 7) is 2.58. The van der Waals surface area contributed by atoms with Crippen molar-refractivity contribution in [2.75, 3.05) is 12.8 Å². The molecule has 1 amide bonds. The first-order valence-electron chi connectivity index (χ1n) is 12.2. The first-order chi connectivity index (χ1) is 17.9. The Morgan fingerprint density at radius 3 is 2.65 bits per heavy atom.